The van der Waals surface area contributed by atoms with Crippen LogP contribution in [-0.2, 0) is 6.42 Å². The van der Waals surface area contributed by atoms with Crippen LogP contribution >= 0.6 is 11.3 Å². The Morgan fingerprint density at radius 3 is 2.41 bits per heavy atom. The van der Waals surface area contributed by atoms with Crippen LogP contribution < -0.4 is 16.4 Å². The number of hydrogen-bond acceptors (Lipinski definition) is 5. The van der Waals surface area contributed by atoms with Gasteiger partial charge in [-0.1, -0.05) is 48.0 Å². The molecule has 0 spiro atoms. The van der Waals surface area contributed by atoms with E-state index in [4.69, 9.17) is 10.7 Å². The zero-order valence-corrected chi connectivity index (χ0v) is 20.4. The SMILES string of the molecule is C/C=C(\N=C(C)c1sc(Nc2ccc(C)cc2)cc1NC)c1ccc(CCCCN)cc1. The van der Waals surface area contributed by atoms with E-state index in [-0.39, 0.29) is 0 Å². The molecule has 4 nitrogen and oxygen atoms in total. The Hall–Kier alpha value is -2.89. The Balaban J connectivity index is 1.78. The fourth-order valence-electron chi connectivity index (χ4n) is 3.53. The number of unbranched alkanes of at least 4 members (excludes halogenated alkanes) is 1. The van der Waals surface area contributed by atoms with Crippen molar-refractivity contribution in [1.82, 2.24) is 0 Å². The number of nitrogens with one attached hydrogen (secondary N) is 2. The number of anilines is 3. The summed E-state index contributed by atoms with van der Waals surface area (Å²) in [4.78, 5) is 6.12. The first-order valence-electron chi connectivity index (χ1n) is 11.2. The average molecular weight is 447 g/mol. The summed E-state index contributed by atoms with van der Waals surface area (Å²) in [5.41, 5.74) is 13.5. The van der Waals surface area contributed by atoms with Crippen LogP contribution in [0.25, 0.3) is 5.70 Å². The molecule has 3 rings (SSSR count). The summed E-state index contributed by atoms with van der Waals surface area (Å²) in [6, 6.07) is 19.3. The predicted octanol–water partition coefficient (Wildman–Crippen LogP) is 6.99. The lowest BCUT2D eigenvalue weighted by molar-refractivity contribution is 0.745. The molecule has 0 fully saturated rings. The van der Waals surface area contributed by atoms with E-state index >= 15 is 0 Å². The summed E-state index contributed by atoms with van der Waals surface area (Å²) in [5.74, 6) is 0. The molecule has 2 aromatic carbocycles. The van der Waals surface area contributed by atoms with Crippen LogP contribution in [-0.4, -0.2) is 19.3 Å². The van der Waals surface area contributed by atoms with Gasteiger partial charge in [0.15, 0.2) is 0 Å². The summed E-state index contributed by atoms with van der Waals surface area (Å²) < 4.78 is 0. The number of thiophene rings is 1. The van der Waals surface area contributed by atoms with Crippen molar-refractivity contribution < 1.29 is 0 Å². The number of nitrogens with zero attached hydrogens (tertiary/aromatic N) is 1. The second-order valence-corrected chi connectivity index (χ2v) is 8.96. The maximum Gasteiger partial charge on any atom is 0.0955 e. The highest BCUT2D eigenvalue weighted by atomic mass is 32.1. The molecule has 3 aromatic rings. The highest BCUT2D eigenvalue weighted by Gasteiger charge is 2.12. The molecule has 168 valence electrons. The van der Waals surface area contributed by atoms with Gasteiger partial charge in [-0.15, -0.1) is 11.3 Å². The third-order valence-corrected chi connectivity index (χ3v) is 6.54. The van der Waals surface area contributed by atoms with E-state index in [0.29, 0.717) is 0 Å². The van der Waals surface area contributed by atoms with Crippen molar-refractivity contribution >= 4 is 39.1 Å². The molecule has 0 amide bonds. The normalized spacial score (nSPS) is 12.2. The van der Waals surface area contributed by atoms with Crippen molar-refractivity contribution in [2.75, 3.05) is 24.2 Å². The molecule has 0 aliphatic carbocycles. The van der Waals surface area contributed by atoms with E-state index < -0.39 is 0 Å². The van der Waals surface area contributed by atoms with E-state index in [1.54, 1.807) is 11.3 Å². The molecule has 0 aliphatic heterocycles. The zero-order chi connectivity index (χ0) is 22.9. The first kappa shape index (κ1) is 23.8. The van der Waals surface area contributed by atoms with Gasteiger partial charge in [-0.25, -0.2) is 0 Å². The number of allylic oxidation sites excluding steroid dienone is 1. The molecule has 32 heavy (non-hydrogen) atoms. The van der Waals surface area contributed by atoms with Crippen LogP contribution in [0.15, 0.2) is 65.7 Å². The minimum atomic E-state index is 0.758. The minimum Gasteiger partial charge on any atom is -0.387 e. The Kier molecular flexibility index (Phi) is 8.65. The predicted molar refractivity (Wildman–Crippen MR) is 143 cm³/mol. The molecule has 5 heteroatoms. The molecule has 1 heterocycles. The van der Waals surface area contributed by atoms with Crippen LogP contribution in [0.5, 0.6) is 0 Å². The standard InChI is InChI=1S/C27H34N4S/c1-5-24(22-13-11-21(12-14-22)8-6-7-17-28)30-20(3)27-25(29-4)18-26(32-27)31-23-15-9-19(2)10-16-23/h5,9-16,18,29,31H,6-8,17,28H2,1-4H3/b24-5-,30-20?. The summed E-state index contributed by atoms with van der Waals surface area (Å²) in [6.07, 6.45) is 5.35. The molecule has 0 saturated heterocycles. The molecule has 0 unspecified atom stereocenters. The van der Waals surface area contributed by atoms with E-state index in [2.05, 4.69) is 85.2 Å². The molecule has 0 aliphatic rings. The van der Waals surface area contributed by atoms with Gasteiger partial charge in [-0.3, -0.25) is 4.99 Å². The van der Waals surface area contributed by atoms with Crippen molar-refractivity contribution in [3.8, 4) is 0 Å². The van der Waals surface area contributed by atoms with Gasteiger partial charge in [0, 0.05) is 12.7 Å². The highest BCUT2D eigenvalue weighted by molar-refractivity contribution is 7.18. The van der Waals surface area contributed by atoms with Gasteiger partial charge in [-0.2, -0.15) is 0 Å². The lowest BCUT2D eigenvalue weighted by Crippen LogP contribution is -1.99. The largest absolute Gasteiger partial charge is 0.387 e. The third kappa shape index (κ3) is 6.31. The first-order valence-corrected chi connectivity index (χ1v) is 12.0. The van der Waals surface area contributed by atoms with E-state index in [1.165, 1.54) is 11.1 Å². The van der Waals surface area contributed by atoms with Crippen LogP contribution in [0.3, 0.4) is 0 Å². The molecule has 0 bridgehead atoms. The minimum absolute atomic E-state index is 0.758. The van der Waals surface area contributed by atoms with Crippen LogP contribution in [0.1, 0.15) is 48.3 Å². The lowest BCUT2D eigenvalue weighted by atomic mass is 10.0. The molecule has 4 N–H and O–H groups in total. The van der Waals surface area contributed by atoms with Crippen LogP contribution in [0, 0.1) is 6.92 Å². The van der Waals surface area contributed by atoms with Crippen molar-refractivity contribution in [3.63, 3.8) is 0 Å². The Morgan fingerprint density at radius 2 is 1.78 bits per heavy atom. The van der Waals surface area contributed by atoms with Crippen molar-refractivity contribution in [2.24, 2.45) is 10.7 Å². The maximum atomic E-state index is 5.61. The molecule has 0 atom stereocenters. The average Bonchev–Trinajstić information content (AvgIpc) is 3.22. The monoisotopic (exact) mass is 446 g/mol. The second kappa shape index (κ2) is 11.7. The zero-order valence-electron chi connectivity index (χ0n) is 19.5. The Morgan fingerprint density at radius 1 is 1.06 bits per heavy atom. The van der Waals surface area contributed by atoms with Crippen molar-refractivity contribution in [2.45, 2.75) is 40.0 Å². The van der Waals surface area contributed by atoms with Gasteiger partial charge < -0.3 is 16.4 Å². The topological polar surface area (TPSA) is 62.4 Å². The number of benzene rings is 2. The second-order valence-electron chi connectivity index (χ2n) is 7.91. The van der Waals surface area contributed by atoms with Crippen molar-refractivity contribution in [1.29, 1.82) is 0 Å². The molecule has 1 aromatic heterocycles. The number of aryl methyl sites for hydroxylation is 2. The number of nitrogens with two attached hydrogens (primary N) is 1. The van der Waals surface area contributed by atoms with Gasteiger partial charge in [0.1, 0.15) is 0 Å². The van der Waals surface area contributed by atoms with Gasteiger partial charge in [0.25, 0.3) is 0 Å². The molecular formula is C27H34N4S. The summed E-state index contributed by atoms with van der Waals surface area (Å²) in [7, 11) is 1.95. The van der Waals surface area contributed by atoms with Gasteiger partial charge in [-0.05, 0) is 75.9 Å². The lowest BCUT2D eigenvalue weighted by Gasteiger charge is -2.07. The van der Waals surface area contributed by atoms with E-state index in [1.807, 2.05) is 14.0 Å². The van der Waals surface area contributed by atoms with E-state index in [9.17, 15) is 0 Å². The highest BCUT2D eigenvalue weighted by Crippen LogP contribution is 2.34. The van der Waals surface area contributed by atoms with Crippen LogP contribution in [0.2, 0.25) is 0 Å². The molecular weight excluding hydrogens is 412 g/mol. The summed E-state index contributed by atoms with van der Waals surface area (Å²) in [5, 5.41) is 7.91. The summed E-state index contributed by atoms with van der Waals surface area (Å²) in [6.45, 7) is 6.97. The first-order chi connectivity index (χ1) is 15.5. The van der Waals surface area contributed by atoms with Crippen molar-refractivity contribution in [3.05, 3.63) is 82.2 Å². The Labute approximate surface area is 196 Å². The quantitative estimate of drug-likeness (QED) is 0.232. The van der Waals surface area contributed by atoms with Gasteiger partial charge >= 0.3 is 0 Å². The third-order valence-electron chi connectivity index (χ3n) is 5.38. The number of aliphatic imine (C=N–C) groups is 1. The summed E-state index contributed by atoms with van der Waals surface area (Å²) >= 11 is 1.71. The fourth-order valence-corrected chi connectivity index (χ4v) is 4.56. The van der Waals surface area contributed by atoms with Crippen LogP contribution in [0.4, 0.5) is 16.4 Å². The van der Waals surface area contributed by atoms with Gasteiger partial charge in [0.2, 0.25) is 0 Å². The number of hydrogen-bond donors (Lipinski definition) is 3. The smallest absolute Gasteiger partial charge is 0.0955 e. The molecule has 0 radical (unpaired) electrons. The number of rotatable bonds is 10. The fraction of sp³-hybridized carbons (Fsp3) is 0.296. The van der Waals surface area contributed by atoms with E-state index in [0.717, 1.165) is 64.0 Å². The maximum absolute atomic E-state index is 5.61. The Bertz CT molecular complexity index is 1060. The van der Waals surface area contributed by atoms with Gasteiger partial charge in [0.05, 0.1) is 27.0 Å². The molecule has 0 saturated carbocycles.